The van der Waals surface area contributed by atoms with E-state index in [1.165, 1.54) is 12.1 Å². The molecule has 28 heavy (non-hydrogen) atoms. The fourth-order valence-electron chi connectivity index (χ4n) is 3.10. The molecule has 0 unspecified atom stereocenters. The van der Waals surface area contributed by atoms with E-state index >= 15 is 0 Å². The summed E-state index contributed by atoms with van der Waals surface area (Å²) >= 11 is 0. The average molecular weight is 383 g/mol. The summed E-state index contributed by atoms with van der Waals surface area (Å²) in [5, 5.41) is 16.6. The van der Waals surface area contributed by atoms with Crippen LogP contribution >= 0.6 is 0 Å². The van der Waals surface area contributed by atoms with Crippen LogP contribution in [0.2, 0.25) is 0 Å². The number of carbonyl (C=O) groups is 2. The van der Waals surface area contributed by atoms with Crippen molar-refractivity contribution in [2.24, 2.45) is 0 Å². The van der Waals surface area contributed by atoms with Crippen molar-refractivity contribution in [3.05, 3.63) is 69.8 Å². The van der Waals surface area contributed by atoms with Crippen LogP contribution in [0.5, 0.6) is 0 Å². The van der Waals surface area contributed by atoms with Gasteiger partial charge in [-0.1, -0.05) is 30.3 Å². The van der Waals surface area contributed by atoms with Crippen LogP contribution in [0.25, 0.3) is 0 Å². The van der Waals surface area contributed by atoms with Gasteiger partial charge in [-0.2, -0.15) is 0 Å². The van der Waals surface area contributed by atoms with Crippen molar-refractivity contribution in [1.82, 2.24) is 5.32 Å². The highest BCUT2D eigenvalue weighted by Crippen LogP contribution is 2.20. The molecule has 8 nitrogen and oxygen atoms in total. The van der Waals surface area contributed by atoms with E-state index in [0.29, 0.717) is 30.0 Å². The lowest BCUT2D eigenvalue weighted by molar-refractivity contribution is -0.385. The van der Waals surface area contributed by atoms with Crippen LogP contribution in [0.1, 0.15) is 28.8 Å². The molecule has 2 aromatic carbocycles. The van der Waals surface area contributed by atoms with Crippen LogP contribution < -0.4 is 10.6 Å². The number of hydrogen-bond acceptors (Lipinski definition) is 5. The standard InChI is InChI=1S/C20H21N3O5/c24-19(12-14-6-1-4-10-18(14)23(26)27)22-17-9-3-2-8-16(17)20(25)21-13-15-7-5-11-28-15/h1-4,6,8-10,15H,5,7,11-13H2,(H,21,25)(H,22,24)/t15-/m1/s1. The van der Waals surface area contributed by atoms with E-state index in [2.05, 4.69) is 10.6 Å². The summed E-state index contributed by atoms with van der Waals surface area (Å²) < 4.78 is 5.49. The van der Waals surface area contributed by atoms with Crippen LogP contribution in [-0.2, 0) is 16.0 Å². The summed E-state index contributed by atoms with van der Waals surface area (Å²) in [5.41, 5.74) is 0.887. The van der Waals surface area contributed by atoms with Crippen molar-refractivity contribution >= 4 is 23.2 Å². The zero-order valence-corrected chi connectivity index (χ0v) is 15.2. The van der Waals surface area contributed by atoms with Gasteiger partial charge in [-0.05, 0) is 25.0 Å². The van der Waals surface area contributed by atoms with E-state index in [4.69, 9.17) is 4.74 Å². The van der Waals surface area contributed by atoms with Gasteiger partial charge in [0, 0.05) is 24.8 Å². The Labute approximate surface area is 162 Å². The highest BCUT2D eigenvalue weighted by molar-refractivity contribution is 6.04. The predicted octanol–water partition coefficient (Wildman–Crippen LogP) is 2.68. The molecule has 0 aliphatic carbocycles. The van der Waals surface area contributed by atoms with Gasteiger partial charge in [0.15, 0.2) is 0 Å². The molecule has 2 N–H and O–H groups in total. The van der Waals surface area contributed by atoms with E-state index < -0.39 is 10.8 Å². The Balaban J connectivity index is 1.66. The Bertz CT molecular complexity index is 878. The van der Waals surface area contributed by atoms with Crippen molar-refractivity contribution in [2.75, 3.05) is 18.5 Å². The van der Waals surface area contributed by atoms with Gasteiger partial charge in [0.05, 0.1) is 28.7 Å². The van der Waals surface area contributed by atoms with Crippen LogP contribution in [-0.4, -0.2) is 36.0 Å². The number of hydrogen-bond donors (Lipinski definition) is 2. The molecule has 1 aliphatic heterocycles. The maximum Gasteiger partial charge on any atom is 0.273 e. The second-order valence-corrected chi connectivity index (χ2v) is 6.50. The Hall–Kier alpha value is -3.26. The van der Waals surface area contributed by atoms with E-state index in [0.717, 1.165) is 12.8 Å². The Morgan fingerprint density at radius 2 is 1.89 bits per heavy atom. The number of nitrogens with one attached hydrogen (secondary N) is 2. The minimum Gasteiger partial charge on any atom is -0.376 e. The third-order valence-electron chi connectivity index (χ3n) is 4.50. The Morgan fingerprint density at radius 1 is 1.14 bits per heavy atom. The van der Waals surface area contributed by atoms with Crippen LogP contribution in [0.3, 0.4) is 0 Å². The number of nitro benzene ring substituents is 1. The molecule has 0 spiro atoms. The van der Waals surface area contributed by atoms with Crippen LogP contribution in [0.4, 0.5) is 11.4 Å². The molecular formula is C20H21N3O5. The monoisotopic (exact) mass is 383 g/mol. The molecule has 2 aromatic rings. The number of para-hydroxylation sites is 2. The summed E-state index contributed by atoms with van der Waals surface area (Å²) in [6, 6.07) is 12.7. The minimum atomic E-state index is -0.519. The van der Waals surface area contributed by atoms with Crippen molar-refractivity contribution in [3.63, 3.8) is 0 Å². The first-order chi connectivity index (χ1) is 13.5. The number of benzene rings is 2. The Morgan fingerprint density at radius 3 is 2.64 bits per heavy atom. The molecule has 0 bridgehead atoms. The van der Waals surface area contributed by atoms with Gasteiger partial charge < -0.3 is 15.4 Å². The molecule has 0 radical (unpaired) electrons. The van der Waals surface area contributed by atoms with Crippen molar-refractivity contribution in [2.45, 2.75) is 25.4 Å². The van der Waals surface area contributed by atoms with Crippen molar-refractivity contribution in [1.29, 1.82) is 0 Å². The quantitative estimate of drug-likeness (QED) is 0.564. The van der Waals surface area contributed by atoms with E-state index in [-0.39, 0.29) is 24.1 Å². The SMILES string of the molecule is O=C(Cc1ccccc1[N+](=O)[O-])Nc1ccccc1C(=O)NC[C@H]1CCCO1. The van der Waals surface area contributed by atoms with Gasteiger partial charge in [-0.25, -0.2) is 0 Å². The largest absolute Gasteiger partial charge is 0.376 e. The number of rotatable bonds is 7. The first-order valence-corrected chi connectivity index (χ1v) is 9.05. The lowest BCUT2D eigenvalue weighted by atomic mass is 10.1. The molecule has 1 fully saturated rings. The van der Waals surface area contributed by atoms with E-state index in [1.54, 1.807) is 36.4 Å². The number of carbonyl (C=O) groups excluding carboxylic acids is 2. The van der Waals surface area contributed by atoms with Crippen LogP contribution in [0, 0.1) is 10.1 Å². The smallest absolute Gasteiger partial charge is 0.273 e. The maximum atomic E-state index is 12.5. The predicted molar refractivity (Wildman–Crippen MR) is 103 cm³/mol. The second-order valence-electron chi connectivity index (χ2n) is 6.50. The minimum absolute atomic E-state index is 0.0179. The van der Waals surface area contributed by atoms with Crippen molar-refractivity contribution < 1.29 is 19.2 Å². The zero-order chi connectivity index (χ0) is 19.9. The lowest BCUT2D eigenvalue weighted by Gasteiger charge is -2.14. The molecular weight excluding hydrogens is 362 g/mol. The number of anilines is 1. The zero-order valence-electron chi connectivity index (χ0n) is 15.2. The summed E-state index contributed by atoms with van der Waals surface area (Å²) in [7, 11) is 0. The number of nitro groups is 1. The van der Waals surface area contributed by atoms with Gasteiger partial charge in [-0.15, -0.1) is 0 Å². The third kappa shape index (κ3) is 4.92. The number of ether oxygens (including phenoxy) is 1. The molecule has 1 heterocycles. The first kappa shape index (κ1) is 19.5. The fourth-order valence-corrected chi connectivity index (χ4v) is 3.10. The van der Waals surface area contributed by atoms with Gasteiger partial charge in [0.1, 0.15) is 0 Å². The topological polar surface area (TPSA) is 111 Å². The molecule has 3 rings (SSSR count). The van der Waals surface area contributed by atoms with E-state index in [1.807, 2.05) is 0 Å². The lowest BCUT2D eigenvalue weighted by Crippen LogP contribution is -2.32. The normalized spacial score (nSPS) is 15.8. The second kappa shape index (κ2) is 9.09. The van der Waals surface area contributed by atoms with Gasteiger partial charge in [-0.3, -0.25) is 19.7 Å². The molecule has 8 heteroatoms. The molecule has 1 saturated heterocycles. The Kier molecular flexibility index (Phi) is 6.33. The summed E-state index contributed by atoms with van der Waals surface area (Å²) in [6.45, 7) is 1.12. The molecule has 0 aromatic heterocycles. The fraction of sp³-hybridized carbons (Fsp3) is 0.300. The third-order valence-corrected chi connectivity index (χ3v) is 4.50. The summed E-state index contributed by atoms with van der Waals surface area (Å²) in [4.78, 5) is 35.5. The average Bonchev–Trinajstić information content (AvgIpc) is 3.20. The number of nitrogens with zero attached hydrogens (tertiary/aromatic N) is 1. The maximum absolute atomic E-state index is 12.5. The summed E-state index contributed by atoms with van der Waals surface area (Å²) in [5.74, 6) is -0.745. The van der Waals surface area contributed by atoms with Gasteiger partial charge in [0.2, 0.25) is 5.91 Å². The highest BCUT2D eigenvalue weighted by atomic mass is 16.6. The number of amides is 2. The molecule has 2 amide bonds. The van der Waals surface area contributed by atoms with Gasteiger partial charge >= 0.3 is 0 Å². The summed E-state index contributed by atoms with van der Waals surface area (Å²) in [6.07, 6.45) is 1.75. The molecule has 0 saturated carbocycles. The first-order valence-electron chi connectivity index (χ1n) is 9.05. The molecule has 1 atom stereocenters. The molecule has 146 valence electrons. The van der Waals surface area contributed by atoms with Crippen LogP contribution in [0.15, 0.2) is 48.5 Å². The molecule has 1 aliphatic rings. The highest BCUT2D eigenvalue weighted by Gasteiger charge is 2.20. The van der Waals surface area contributed by atoms with E-state index in [9.17, 15) is 19.7 Å². The van der Waals surface area contributed by atoms with Gasteiger partial charge in [0.25, 0.3) is 11.6 Å². The van der Waals surface area contributed by atoms with Crippen molar-refractivity contribution in [3.8, 4) is 0 Å².